The Labute approximate surface area is 154 Å². The number of rotatable bonds is 6. The Hall–Kier alpha value is -3.08. The number of carbonyl (C=O) groups excluding carboxylic acids is 2. The van der Waals surface area contributed by atoms with Gasteiger partial charge in [-0.3, -0.25) is 9.59 Å². The van der Waals surface area contributed by atoms with Crippen LogP contribution in [0.1, 0.15) is 44.5 Å². The maximum absolute atomic E-state index is 12.0. The number of hydrogen-bond donors (Lipinski definition) is 2. The lowest BCUT2D eigenvalue weighted by molar-refractivity contribution is 0.0962. The van der Waals surface area contributed by atoms with Gasteiger partial charge in [0.25, 0.3) is 5.91 Å². The molecule has 1 heterocycles. The summed E-state index contributed by atoms with van der Waals surface area (Å²) in [5.74, 6) is -0.141. The van der Waals surface area contributed by atoms with Crippen molar-refractivity contribution in [1.29, 1.82) is 0 Å². The molecule has 0 spiro atoms. The summed E-state index contributed by atoms with van der Waals surface area (Å²) < 4.78 is 1.92. The standard InChI is InChI=1S/C21H25N3O2/c1-7-13(2)19(20-15(4)17(12-25)11-24(20)6)23-18-10-16(21(26)22-5)9-8-14(18)3/h7-12,23H,1H2,2-6H3,(H,22,26)/b19-13+. The van der Waals surface area contributed by atoms with Crippen LogP contribution in [0.3, 0.4) is 0 Å². The first-order chi connectivity index (χ1) is 12.3. The van der Waals surface area contributed by atoms with Crippen molar-refractivity contribution in [2.75, 3.05) is 12.4 Å². The predicted octanol–water partition coefficient (Wildman–Crippen LogP) is 3.84. The zero-order valence-corrected chi connectivity index (χ0v) is 15.9. The predicted molar refractivity (Wildman–Crippen MR) is 107 cm³/mol. The average Bonchev–Trinajstić information content (AvgIpc) is 2.93. The second-order valence-electron chi connectivity index (χ2n) is 6.28. The van der Waals surface area contributed by atoms with Gasteiger partial charge in [0, 0.05) is 37.1 Å². The molecule has 5 nitrogen and oxygen atoms in total. The van der Waals surface area contributed by atoms with Crippen LogP contribution >= 0.6 is 0 Å². The second-order valence-corrected chi connectivity index (χ2v) is 6.28. The molecule has 0 saturated carbocycles. The van der Waals surface area contributed by atoms with Gasteiger partial charge in [0.05, 0.1) is 11.4 Å². The summed E-state index contributed by atoms with van der Waals surface area (Å²) in [6, 6.07) is 5.52. The van der Waals surface area contributed by atoms with E-state index in [1.54, 1.807) is 19.2 Å². The Balaban J connectivity index is 2.59. The lowest BCUT2D eigenvalue weighted by atomic mass is 10.0. The van der Waals surface area contributed by atoms with Gasteiger partial charge in [0.2, 0.25) is 0 Å². The molecule has 1 aromatic heterocycles. The van der Waals surface area contributed by atoms with Crippen LogP contribution in [0.15, 0.2) is 42.6 Å². The molecule has 1 amide bonds. The Morgan fingerprint density at radius 2 is 1.96 bits per heavy atom. The third-order valence-electron chi connectivity index (χ3n) is 4.52. The Morgan fingerprint density at radius 3 is 2.50 bits per heavy atom. The third-order valence-corrected chi connectivity index (χ3v) is 4.52. The highest BCUT2D eigenvalue weighted by Crippen LogP contribution is 2.29. The van der Waals surface area contributed by atoms with Gasteiger partial charge in [-0.25, -0.2) is 0 Å². The number of carbonyl (C=O) groups is 2. The van der Waals surface area contributed by atoms with Crippen LogP contribution in [0.2, 0.25) is 0 Å². The molecule has 0 aliphatic rings. The van der Waals surface area contributed by atoms with E-state index >= 15 is 0 Å². The summed E-state index contributed by atoms with van der Waals surface area (Å²) in [6.07, 6.45) is 4.44. The van der Waals surface area contributed by atoms with E-state index in [0.717, 1.165) is 40.1 Å². The quantitative estimate of drug-likeness (QED) is 0.614. The molecule has 0 bridgehead atoms. The van der Waals surface area contributed by atoms with Gasteiger partial charge < -0.3 is 15.2 Å². The molecule has 1 aromatic carbocycles. The van der Waals surface area contributed by atoms with Crippen LogP contribution in [0.25, 0.3) is 5.70 Å². The van der Waals surface area contributed by atoms with E-state index in [9.17, 15) is 9.59 Å². The molecular weight excluding hydrogens is 326 g/mol. The minimum Gasteiger partial charge on any atom is -0.355 e. The molecule has 0 atom stereocenters. The molecule has 26 heavy (non-hydrogen) atoms. The fraction of sp³-hybridized carbons (Fsp3) is 0.238. The van der Waals surface area contributed by atoms with Crippen molar-refractivity contribution >= 4 is 23.6 Å². The van der Waals surface area contributed by atoms with Crippen LogP contribution in [-0.2, 0) is 7.05 Å². The summed E-state index contributed by atoms with van der Waals surface area (Å²) in [4.78, 5) is 23.3. The molecule has 5 heteroatoms. The number of benzene rings is 1. The van der Waals surface area contributed by atoms with E-state index < -0.39 is 0 Å². The minimum atomic E-state index is -0.141. The zero-order valence-electron chi connectivity index (χ0n) is 15.9. The maximum Gasteiger partial charge on any atom is 0.251 e. The van der Waals surface area contributed by atoms with Crippen molar-refractivity contribution in [2.45, 2.75) is 20.8 Å². The van der Waals surface area contributed by atoms with Crippen molar-refractivity contribution in [2.24, 2.45) is 7.05 Å². The Kier molecular flexibility index (Phi) is 5.82. The van der Waals surface area contributed by atoms with E-state index in [2.05, 4.69) is 17.2 Å². The number of nitrogens with zero attached hydrogens (tertiary/aromatic N) is 1. The van der Waals surface area contributed by atoms with Gasteiger partial charge in [-0.1, -0.05) is 18.7 Å². The van der Waals surface area contributed by atoms with E-state index in [1.807, 2.05) is 50.7 Å². The topological polar surface area (TPSA) is 63.1 Å². The average molecular weight is 351 g/mol. The summed E-state index contributed by atoms with van der Waals surface area (Å²) in [5, 5.41) is 6.08. The fourth-order valence-electron chi connectivity index (χ4n) is 2.88. The third kappa shape index (κ3) is 3.61. The number of anilines is 1. The van der Waals surface area contributed by atoms with Crippen molar-refractivity contribution in [1.82, 2.24) is 9.88 Å². The number of aryl methyl sites for hydroxylation is 2. The van der Waals surface area contributed by atoms with Gasteiger partial charge in [0.15, 0.2) is 6.29 Å². The zero-order chi connectivity index (χ0) is 19.4. The van der Waals surface area contributed by atoms with Gasteiger partial charge in [-0.2, -0.15) is 0 Å². The van der Waals surface area contributed by atoms with Gasteiger partial charge in [0.1, 0.15) is 0 Å². The van der Waals surface area contributed by atoms with Crippen molar-refractivity contribution in [3.05, 3.63) is 70.6 Å². The summed E-state index contributed by atoms with van der Waals surface area (Å²) in [5.41, 5.74) is 6.66. The molecule has 2 N–H and O–H groups in total. The molecule has 136 valence electrons. The molecule has 0 aliphatic heterocycles. The van der Waals surface area contributed by atoms with Crippen molar-refractivity contribution in [3.63, 3.8) is 0 Å². The highest BCUT2D eigenvalue weighted by atomic mass is 16.1. The first kappa shape index (κ1) is 19.2. The number of nitrogens with one attached hydrogen (secondary N) is 2. The first-order valence-electron chi connectivity index (χ1n) is 8.38. The fourth-order valence-corrected chi connectivity index (χ4v) is 2.88. The van der Waals surface area contributed by atoms with Crippen LogP contribution in [0, 0.1) is 13.8 Å². The second kappa shape index (κ2) is 7.87. The summed E-state index contributed by atoms with van der Waals surface area (Å²) in [6.45, 7) is 9.73. The molecule has 2 rings (SSSR count). The molecule has 0 saturated heterocycles. The summed E-state index contributed by atoms with van der Waals surface area (Å²) >= 11 is 0. The largest absolute Gasteiger partial charge is 0.355 e. The lowest BCUT2D eigenvalue weighted by Crippen LogP contribution is -2.18. The molecule has 0 radical (unpaired) electrons. The Morgan fingerprint density at radius 1 is 1.27 bits per heavy atom. The van der Waals surface area contributed by atoms with Gasteiger partial charge in [-0.05, 0) is 49.6 Å². The number of amides is 1. The van der Waals surface area contributed by atoms with Gasteiger partial charge >= 0.3 is 0 Å². The lowest BCUT2D eigenvalue weighted by Gasteiger charge is -2.18. The molecule has 0 unspecified atom stereocenters. The minimum absolute atomic E-state index is 0.141. The van der Waals surface area contributed by atoms with Crippen molar-refractivity contribution < 1.29 is 9.59 Å². The Bertz CT molecular complexity index is 904. The number of aromatic nitrogens is 1. The van der Waals surface area contributed by atoms with E-state index in [0.29, 0.717) is 11.1 Å². The monoisotopic (exact) mass is 351 g/mol. The highest BCUT2D eigenvalue weighted by Gasteiger charge is 2.17. The molecule has 0 fully saturated rings. The normalized spacial score (nSPS) is 11.6. The van der Waals surface area contributed by atoms with Crippen LogP contribution in [-0.4, -0.2) is 23.8 Å². The number of aldehydes is 1. The van der Waals surface area contributed by atoms with Crippen LogP contribution in [0.5, 0.6) is 0 Å². The number of hydrogen-bond acceptors (Lipinski definition) is 3. The number of allylic oxidation sites excluding steroid dienone is 2. The van der Waals surface area contributed by atoms with E-state index in [1.165, 1.54) is 0 Å². The molecule has 0 aliphatic carbocycles. The molecular formula is C21H25N3O2. The first-order valence-corrected chi connectivity index (χ1v) is 8.38. The SMILES string of the molecule is C=C/C(C)=C(/Nc1cc(C(=O)NC)ccc1C)c1c(C)c(C=O)cn1C. The maximum atomic E-state index is 12.0. The van der Waals surface area contributed by atoms with Crippen molar-refractivity contribution in [3.8, 4) is 0 Å². The smallest absolute Gasteiger partial charge is 0.251 e. The summed E-state index contributed by atoms with van der Waals surface area (Å²) in [7, 11) is 3.51. The van der Waals surface area contributed by atoms with E-state index in [4.69, 9.17) is 0 Å². The van der Waals surface area contributed by atoms with Crippen LogP contribution < -0.4 is 10.6 Å². The highest BCUT2D eigenvalue weighted by molar-refractivity contribution is 5.96. The molecule has 2 aromatic rings. The van der Waals surface area contributed by atoms with Crippen LogP contribution in [0.4, 0.5) is 5.69 Å². The van der Waals surface area contributed by atoms with Gasteiger partial charge in [-0.15, -0.1) is 0 Å². The van der Waals surface area contributed by atoms with E-state index in [-0.39, 0.29) is 5.91 Å².